The van der Waals surface area contributed by atoms with E-state index in [0.717, 1.165) is 5.56 Å². The van der Waals surface area contributed by atoms with E-state index in [1.807, 2.05) is 30.3 Å². The summed E-state index contributed by atoms with van der Waals surface area (Å²) in [5, 5.41) is 3.37. The zero-order chi connectivity index (χ0) is 22.3. The average Bonchev–Trinajstić information content (AvgIpc) is 3.35. The maximum atomic E-state index is 12.3. The molecule has 0 saturated heterocycles. The van der Waals surface area contributed by atoms with Crippen molar-refractivity contribution in [3.05, 3.63) is 84.3 Å². The Labute approximate surface area is 185 Å². The van der Waals surface area contributed by atoms with E-state index in [1.54, 1.807) is 49.6 Å². The third-order valence-electron chi connectivity index (χ3n) is 4.75. The number of fused-ring (bicyclic) bond motifs is 1. The minimum absolute atomic E-state index is 0.197. The first-order valence-electron chi connectivity index (χ1n) is 10.2. The van der Waals surface area contributed by atoms with Gasteiger partial charge < -0.3 is 19.2 Å². The van der Waals surface area contributed by atoms with Crippen LogP contribution in [-0.2, 0) is 16.1 Å². The van der Waals surface area contributed by atoms with Gasteiger partial charge in [0.05, 0.1) is 36.2 Å². The molecular formula is C25H22N2O5. The van der Waals surface area contributed by atoms with Crippen LogP contribution in [0.4, 0.5) is 0 Å². The zero-order valence-electron chi connectivity index (χ0n) is 17.5. The fraction of sp³-hybridized carbons (Fsp3) is 0.160. The lowest BCUT2D eigenvalue weighted by atomic mass is 10.1. The molecule has 0 aliphatic carbocycles. The smallest absolute Gasteiger partial charge is 0.338 e. The summed E-state index contributed by atoms with van der Waals surface area (Å²) in [5.74, 6) is 0.379. The van der Waals surface area contributed by atoms with Gasteiger partial charge >= 0.3 is 5.97 Å². The van der Waals surface area contributed by atoms with E-state index in [1.165, 1.54) is 0 Å². The summed E-state index contributed by atoms with van der Waals surface area (Å²) in [5.41, 5.74) is 2.65. The van der Waals surface area contributed by atoms with Crippen LogP contribution < -0.4 is 10.1 Å². The number of nitrogens with zero attached hydrogens (tertiary/aromatic N) is 1. The molecule has 32 heavy (non-hydrogen) atoms. The first-order valence-corrected chi connectivity index (χ1v) is 10.2. The van der Waals surface area contributed by atoms with Gasteiger partial charge in [-0.05, 0) is 37.3 Å². The molecule has 1 N–H and O–H groups in total. The largest absolute Gasteiger partial charge is 0.483 e. The van der Waals surface area contributed by atoms with Gasteiger partial charge in [0.15, 0.2) is 6.61 Å². The van der Waals surface area contributed by atoms with Gasteiger partial charge in [-0.25, -0.2) is 9.78 Å². The molecule has 7 heteroatoms. The van der Waals surface area contributed by atoms with E-state index in [-0.39, 0.29) is 25.7 Å². The molecule has 2 aromatic carbocycles. The number of benzene rings is 2. The molecule has 0 atom stereocenters. The number of pyridine rings is 1. The summed E-state index contributed by atoms with van der Waals surface area (Å²) < 4.78 is 16.2. The van der Waals surface area contributed by atoms with Crippen molar-refractivity contribution < 1.29 is 23.5 Å². The maximum absolute atomic E-state index is 12.3. The SMILES string of the molecule is CCOC(=O)c1ccc2nc(-c3ccccc3)cc(OCC(=O)NCc3ccco3)c2c1. The second-order valence-corrected chi connectivity index (χ2v) is 6.97. The number of esters is 1. The zero-order valence-corrected chi connectivity index (χ0v) is 17.5. The molecule has 0 spiro atoms. The topological polar surface area (TPSA) is 90.7 Å². The predicted molar refractivity (Wildman–Crippen MR) is 119 cm³/mol. The Morgan fingerprint density at radius 3 is 2.62 bits per heavy atom. The van der Waals surface area contributed by atoms with Crippen molar-refractivity contribution in [2.45, 2.75) is 13.5 Å². The monoisotopic (exact) mass is 430 g/mol. The van der Waals surface area contributed by atoms with Crippen LogP contribution in [0.1, 0.15) is 23.0 Å². The molecule has 4 aromatic rings. The second kappa shape index (κ2) is 9.78. The summed E-state index contributed by atoms with van der Waals surface area (Å²) in [6, 6.07) is 20.1. The van der Waals surface area contributed by atoms with Crippen molar-refractivity contribution in [3.8, 4) is 17.0 Å². The van der Waals surface area contributed by atoms with Gasteiger partial charge in [0.2, 0.25) is 0 Å². The number of aromatic nitrogens is 1. The summed E-state index contributed by atoms with van der Waals surface area (Å²) in [6.45, 7) is 2.11. The number of carbonyl (C=O) groups excluding carboxylic acids is 2. The molecule has 2 heterocycles. The van der Waals surface area contributed by atoms with E-state index in [9.17, 15) is 9.59 Å². The number of nitrogens with one attached hydrogen (secondary N) is 1. The summed E-state index contributed by atoms with van der Waals surface area (Å²) in [4.78, 5) is 29.2. The number of amides is 1. The van der Waals surface area contributed by atoms with Crippen molar-refractivity contribution >= 4 is 22.8 Å². The van der Waals surface area contributed by atoms with E-state index in [0.29, 0.717) is 33.7 Å². The molecule has 0 radical (unpaired) electrons. The Bertz CT molecular complexity index is 1220. The number of rotatable bonds is 8. The number of carbonyl (C=O) groups is 2. The Morgan fingerprint density at radius 1 is 1.03 bits per heavy atom. The molecule has 0 saturated carbocycles. The molecule has 0 aliphatic heterocycles. The van der Waals surface area contributed by atoms with Gasteiger partial charge in [0, 0.05) is 17.0 Å². The van der Waals surface area contributed by atoms with Crippen LogP contribution >= 0.6 is 0 Å². The fourth-order valence-corrected chi connectivity index (χ4v) is 3.21. The van der Waals surface area contributed by atoms with Gasteiger partial charge in [0.1, 0.15) is 11.5 Å². The van der Waals surface area contributed by atoms with Crippen LogP contribution in [0, 0.1) is 0 Å². The van der Waals surface area contributed by atoms with Crippen LogP contribution in [-0.4, -0.2) is 30.1 Å². The lowest BCUT2D eigenvalue weighted by Crippen LogP contribution is -2.28. The Balaban J connectivity index is 1.62. The molecule has 0 unspecified atom stereocenters. The highest BCUT2D eigenvalue weighted by Crippen LogP contribution is 2.31. The fourth-order valence-electron chi connectivity index (χ4n) is 3.21. The Morgan fingerprint density at radius 2 is 1.88 bits per heavy atom. The molecule has 162 valence electrons. The lowest BCUT2D eigenvalue weighted by molar-refractivity contribution is -0.123. The first kappa shape index (κ1) is 21.1. The van der Waals surface area contributed by atoms with E-state index in [4.69, 9.17) is 18.9 Å². The summed E-state index contributed by atoms with van der Waals surface area (Å²) >= 11 is 0. The van der Waals surface area contributed by atoms with Crippen LogP contribution in [0.25, 0.3) is 22.2 Å². The minimum Gasteiger partial charge on any atom is -0.483 e. The van der Waals surface area contributed by atoms with Gasteiger partial charge in [-0.15, -0.1) is 0 Å². The van der Waals surface area contributed by atoms with Crippen LogP contribution in [0.2, 0.25) is 0 Å². The predicted octanol–water partition coefficient (Wildman–Crippen LogP) is 4.37. The van der Waals surface area contributed by atoms with Crippen LogP contribution in [0.5, 0.6) is 5.75 Å². The number of furan rings is 1. The summed E-state index contributed by atoms with van der Waals surface area (Å²) in [7, 11) is 0. The van der Waals surface area contributed by atoms with E-state index in [2.05, 4.69) is 5.32 Å². The number of hydrogen-bond acceptors (Lipinski definition) is 6. The van der Waals surface area contributed by atoms with E-state index < -0.39 is 5.97 Å². The van der Waals surface area contributed by atoms with Gasteiger partial charge in [-0.1, -0.05) is 30.3 Å². The Hall–Kier alpha value is -4.13. The van der Waals surface area contributed by atoms with Gasteiger partial charge in [-0.2, -0.15) is 0 Å². The van der Waals surface area contributed by atoms with Crippen molar-refractivity contribution in [2.24, 2.45) is 0 Å². The Kier molecular flexibility index (Phi) is 6.46. The van der Waals surface area contributed by atoms with Crippen molar-refractivity contribution in [2.75, 3.05) is 13.2 Å². The summed E-state index contributed by atoms with van der Waals surface area (Å²) in [6.07, 6.45) is 1.55. The minimum atomic E-state index is -0.427. The quantitative estimate of drug-likeness (QED) is 0.418. The maximum Gasteiger partial charge on any atom is 0.338 e. The molecule has 2 aromatic heterocycles. The number of hydrogen-bond donors (Lipinski definition) is 1. The molecule has 1 amide bonds. The highest BCUT2D eigenvalue weighted by atomic mass is 16.5. The highest BCUT2D eigenvalue weighted by Gasteiger charge is 2.14. The first-order chi connectivity index (χ1) is 15.6. The molecule has 0 fully saturated rings. The number of ether oxygens (including phenoxy) is 2. The van der Waals surface area contributed by atoms with Gasteiger partial charge in [-0.3, -0.25) is 4.79 Å². The molecule has 7 nitrogen and oxygen atoms in total. The van der Waals surface area contributed by atoms with Crippen LogP contribution in [0.15, 0.2) is 77.4 Å². The third kappa shape index (κ3) is 4.95. The second-order valence-electron chi connectivity index (χ2n) is 6.97. The van der Waals surface area contributed by atoms with Gasteiger partial charge in [0.25, 0.3) is 5.91 Å². The normalized spacial score (nSPS) is 10.7. The van der Waals surface area contributed by atoms with Crippen molar-refractivity contribution in [1.82, 2.24) is 10.3 Å². The third-order valence-corrected chi connectivity index (χ3v) is 4.75. The molecular weight excluding hydrogens is 408 g/mol. The standard InChI is InChI=1S/C25H22N2O5/c1-2-30-25(29)18-10-11-21-20(13-18)23(14-22(27-21)17-7-4-3-5-8-17)32-16-24(28)26-15-19-9-6-12-31-19/h3-14H,2,15-16H2,1H3,(H,26,28). The van der Waals surface area contributed by atoms with Crippen LogP contribution in [0.3, 0.4) is 0 Å². The lowest BCUT2D eigenvalue weighted by Gasteiger charge is -2.13. The van der Waals surface area contributed by atoms with E-state index >= 15 is 0 Å². The highest BCUT2D eigenvalue weighted by molar-refractivity contribution is 5.97. The molecule has 0 aliphatic rings. The van der Waals surface area contributed by atoms with Crippen molar-refractivity contribution in [1.29, 1.82) is 0 Å². The molecule has 4 rings (SSSR count). The molecule has 0 bridgehead atoms. The van der Waals surface area contributed by atoms with Crippen molar-refractivity contribution in [3.63, 3.8) is 0 Å². The average molecular weight is 430 g/mol.